The molecule has 0 aromatic heterocycles. The molecule has 7 aromatic carbocycles. The molecule has 7 rings (SSSR count). The Bertz CT molecular complexity index is 3430. The molecule has 7 aromatic rings. The van der Waals surface area contributed by atoms with E-state index in [9.17, 15) is 61.5 Å². The number of nitrogens with zero attached hydrogens (tertiary/aromatic N) is 6. The minimum absolute atomic E-state index is 0.218. The van der Waals surface area contributed by atoms with Crippen molar-refractivity contribution in [2.45, 2.75) is 28.0 Å². The standard InChI is InChI=1S/C40H24N6O14S3/c1-2-16-57-40(50)21-17-31(58-62(53,54)34-19-29(45-42)37(48)25-10-5-3-8-22(25)34)39(60-61(51,52)33-13-7-12-27-24(33)14-15-28(44-41)36(27)47)32(18-21)59-63(55,56)35-20-30(46-43)38(49)26-11-6-4-9-23(26)35/h3-15,17-20H,2,16H2,1H3. The van der Waals surface area contributed by atoms with Crippen molar-refractivity contribution >= 4 is 85.7 Å². The summed E-state index contributed by atoms with van der Waals surface area (Å²) in [6, 6.07) is 18.1. The van der Waals surface area contributed by atoms with E-state index in [0.29, 0.717) is 24.3 Å². The molecule has 0 aliphatic rings. The molecule has 63 heavy (non-hydrogen) atoms. The van der Waals surface area contributed by atoms with E-state index in [4.69, 9.17) is 17.3 Å². The molecule has 0 aliphatic carbocycles. The van der Waals surface area contributed by atoms with Crippen molar-refractivity contribution < 1.29 is 62.7 Å². The quantitative estimate of drug-likeness (QED) is 0.0700. The number of rotatable bonds is 12. The van der Waals surface area contributed by atoms with Crippen molar-refractivity contribution in [1.29, 1.82) is 16.2 Å². The van der Waals surface area contributed by atoms with Crippen LogP contribution in [0, 0.1) is 16.2 Å². The van der Waals surface area contributed by atoms with Crippen molar-refractivity contribution in [3.63, 3.8) is 0 Å². The third-order valence-electron chi connectivity index (χ3n) is 9.24. The van der Waals surface area contributed by atoms with E-state index in [2.05, 4.69) is 14.9 Å². The Hall–Kier alpha value is -8.30. The van der Waals surface area contributed by atoms with Crippen LogP contribution in [0.15, 0.2) is 118 Å². The van der Waals surface area contributed by atoms with E-state index in [1.807, 2.05) is 0 Å². The van der Waals surface area contributed by atoms with Crippen molar-refractivity contribution in [1.82, 2.24) is 0 Å². The van der Waals surface area contributed by atoms with Gasteiger partial charge in [-0.1, -0.05) is 67.6 Å². The summed E-state index contributed by atoms with van der Waals surface area (Å²) < 4.78 is 108. The van der Waals surface area contributed by atoms with Crippen LogP contribution in [0.25, 0.3) is 47.2 Å². The number of carbonyl (C=O) groups is 1. The van der Waals surface area contributed by atoms with Gasteiger partial charge in [0.2, 0.25) is 21.9 Å². The predicted octanol–water partition coefficient (Wildman–Crippen LogP) is 6.69. The minimum atomic E-state index is -5.39. The summed E-state index contributed by atoms with van der Waals surface area (Å²) in [4.78, 5) is 19.6. The first-order valence-corrected chi connectivity index (χ1v) is 22.1. The number of esters is 1. The fourth-order valence-electron chi connectivity index (χ4n) is 6.41. The van der Waals surface area contributed by atoms with Gasteiger partial charge in [-0.15, -0.1) is 0 Å². The molecule has 0 aliphatic heterocycles. The second-order valence-corrected chi connectivity index (χ2v) is 17.7. The summed E-state index contributed by atoms with van der Waals surface area (Å²) in [6.45, 7) is 1.42. The first-order valence-electron chi connectivity index (χ1n) is 17.9. The topological polar surface area (TPSA) is 310 Å². The highest BCUT2D eigenvalue weighted by Crippen LogP contribution is 2.47. The molecule has 0 N–H and O–H groups in total. The molecule has 0 unspecified atom stereocenters. The molecule has 0 saturated heterocycles. The Labute approximate surface area is 355 Å². The zero-order chi connectivity index (χ0) is 45.4. The molecule has 0 radical (unpaired) electrons. The predicted molar refractivity (Wildman–Crippen MR) is 215 cm³/mol. The second-order valence-electron chi connectivity index (χ2n) is 13.2. The van der Waals surface area contributed by atoms with Crippen molar-refractivity contribution in [3.05, 3.63) is 124 Å². The lowest BCUT2D eigenvalue weighted by molar-refractivity contribution is -0.265. The highest BCUT2D eigenvalue weighted by molar-refractivity contribution is 7.88. The molecule has 316 valence electrons. The maximum atomic E-state index is 14.4. The van der Waals surface area contributed by atoms with Gasteiger partial charge in [-0.3, -0.25) is 0 Å². The van der Waals surface area contributed by atoms with Gasteiger partial charge in [0.1, 0.15) is 14.7 Å². The maximum Gasteiger partial charge on any atom is 0.379 e. The van der Waals surface area contributed by atoms with Gasteiger partial charge in [-0.25, -0.2) is 4.79 Å². The number of carbonyl (C=O) groups excluding carboxylic acids is 1. The van der Waals surface area contributed by atoms with Gasteiger partial charge in [0.15, 0.2) is 26.4 Å². The van der Waals surface area contributed by atoms with E-state index < -0.39 is 108 Å². The van der Waals surface area contributed by atoms with E-state index in [-0.39, 0.29) is 45.3 Å². The van der Waals surface area contributed by atoms with Gasteiger partial charge in [0, 0.05) is 34.4 Å². The molecule has 0 atom stereocenters. The first-order chi connectivity index (χ1) is 30.0. The third kappa shape index (κ3) is 7.79. The third-order valence-corrected chi connectivity index (χ3v) is 13.1. The van der Waals surface area contributed by atoms with E-state index in [1.54, 1.807) is 6.92 Å². The van der Waals surface area contributed by atoms with Gasteiger partial charge in [0.05, 0.1) is 24.3 Å². The lowest BCUT2D eigenvalue weighted by Gasteiger charge is -2.19. The first kappa shape index (κ1) is 42.8. The molecule has 0 bridgehead atoms. The SMILES string of the molecule is CCCOC(=O)c1cc(OS(=O)(=O)c2cc([N+]#N)c([O-])c3ccccc23)c(OS(=O)(=O)c2cccc3c([O-])c([N+]#N)ccc23)c(OS(=O)(=O)c2cc([N+]#N)c([O-])c3ccccc23)c1. The van der Waals surface area contributed by atoms with E-state index >= 15 is 0 Å². The van der Waals surface area contributed by atoms with Gasteiger partial charge in [0.25, 0.3) is 0 Å². The summed E-state index contributed by atoms with van der Waals surface area (Å²) in [7, 11) is -16.2. The molecule has 0 heterocycles. The van der Waals surface area contributed by atoms with Crippen LogP contribution in [0.5, 0.6) is 34.5 Å². The second kappa shape index (κ2) is 16.3. The molecule has 23 heteroatoms. The summed E-state index contributed by atoms with van der Waals surface area (Å²) in [5.41, 5.74) is -2.69. The Kier molecular flexibility index (Phi) is 11.1. The van der Waals surface area contributed by atoms with Crippen LogP contribution in [-0.2, 0) is 35.1 Å². The van der Waals surface area contributed by atoms with E-state index in [1.165, 1.54) is 54.6 Å². The number of diazo groups is 3. The molecule has 20 nitrogen and oxygen atoms in total. The van der Waals surface area contributed by atoms with Gasteiger partial charge in [-0.2, -0.15) is 25.3 Å². The maximum absolute atomic E-state index is 14.4. The highest BCUT2D eigenvalue weighted by atomic mass is 32.2. The van der Waals surface area contributed by atoms with E-state index in [0.717, 1.165) is 24.3 Å². The van der Waals surface area contributed by atoms with Crippen molar-refractivity contribution in [2.24, 2.45) is 0 Å². The van der Waals surface area contributed by atoms with Crippen LogP contribution >= 0.6 is 0 Å². The van der Waals surface area contributed by atoms with Crippen LogP contribution in [0.4, 0.5) is 17.1 Å². The number of fused-ring (bicyclic) bond motifs is 3. The lowest BCUT2D eigenvalue weighted by atomic mass is 10.1. The molecular formula is C40H24N6O14S3. The Morgan fingerprint density at radius 3 is 1.40 bits per heavy atom. The zero-order valence-corrected chi connectivity index (χ0v) is 34.3. The largest absolute Gasteiger partial charge is 0.867 e. The zero-order valence-electron chi connectivity index (χ0n) is 31.9. The van der Waals surface area contributed by atoms with Crippen LogP contribution in [0.2, 0.25) is 0 Å². The summed E-state index contributed by atoms with van der Waals surface area (Å²) in [5.74, 6) is -7.74. The van der Waals surface area contributed by atoms with Crippen LogP contribution in [-0.4, -0.2) is 37.8 Å². The molecule has 0 saturated carbocycles. The van der Waals surface area contributed by atoms with Crippen molar-refractivity contribution in [2.75, 3.05) is 6.61 Å². The number of ether oxygens (including phenoxy) is 1. The van der Waals surface area contributed by atoms with Crippen molar-refractivity contribution in [3.8, 4) is 34.5 Å². The summed E-state index contributed by atoms with van der Waals surface area (Å²) >= 11 is 0. The lowest BCUT2D eigenvalue weighted by Crippen LogP contribution is -2.18. The normalized spacial score (nSPS) is 11.7. The van der Waals surface area contributed by atoms with Gasteiger partial charge >= 0.3 is 53.4 Å². The fourth-order valence-corrected chi connectivity index (χ4v) is 9.88. The van der Waals surface area contributed by atoms with Gasteiger partial charge < -0.3 is 32.6 Å². The Morgan fingerprint density at radius 1 is 0.524 bits per heavy atom. The average molecular weight is 909 g/mol. The Balaban J connectivity index is 1.51. The van der Waals surface area contributed by atoms with Crippen LogP contribution < -0.4 is 27.9 Å². The number of hydrogen-bond acceptors (Lipinski definition) is 17. The number of hydrogen-bond donors (Lipinski definition) is 0. The van der Waals surface area contributed by atoms with Crippen LogP contribution in [0.3, 0.4) is 0 Å². The molecular weight excluding hydrogens is 885 g/mol. The van der Waals surface area contributed by atoms with Crippen LogP contribution in [0.1, 0.15) is 23.7 Å². The molecule has 0 fully saturated rings. The molecule has 0 amide bonds. The monoisotopic (exact) mass is 908 g/mol. The minimum Gasteiger partial charge on any atom is -0.867 e. The summed E-state index contributed by atoms with van der Waals surface area (Å²) in [6.07, 6.45) is 0.271. The Morgan fingerprint density at radius 2 is 0.937 bits per heavy atom. The highest BCUT2D eigenvalue weighted by Gasteiger charge is 2.35. The number of benzene rings is 7. The fraction of sp³-hybridized carbons (Fsp3) is 0.0750. The smallest absolute Gasteiger partial charge is 0.379 e. The molecule has 0 spiro atoms. The van der Waals surface area contributed by atoms with Gasteiger partial charge in [-0.05, 0) is 52.0 Å². The summed E-state index contributed by atoms with van der Waals surface area (Å²) in [5, 5.41) is 65.7. The average Bonchev–Trinajstić information content (AvgIpc) is 3.26.